The first-order chi connectivity index (χ1) is 15.6. The second-order valence-corrected chi connectivity index (χ2v) is 7.91. The first kappa shape index (κ1) is 20.0. The van der Waals surface area contributed by atoms with E-state index in [2.05, 4.69) is 20.3 Å². The van der Waals surface area contributed by atoms with E-state index in [1.165, 1.54) is 12.1 Å². The number of nitrogens with zero attached hydrogens (tertiary/aromatic N) is 6. The highest BCUT2D eigenvalue weighted by atomic mass is 19.1. The van der Waals surface area contributed by atoms with E-state index in [0.29, 0.717) is 37.5 Å². The summed E-state index contributed by atoms with van der Waals surface area (Å²) in [5, 5.41) is 3.55. The fourth-order valence-electron chi connectivity index (χ4n) is 4.38. The highest BCUT2D eigenvalue weighted by molar-refractivity contribution is 5.74. The first-order valence-electron chi connectivity index (χ1n) is 10.4. The van der Waals surface area contributed by atoms with Gasteiger partial charge >= 0.3 is 0 Å². The number of hydrogen-bond acceptors (Lipinski definition) is 6. The molecule has 0 atom stereocenters. The SMILES string of the molecule is CC(=O)N1CCC(Nc2ncccn2)(c2c(-c3ccc(F)cc3)nc3cnccn23)CC1. The molecule has 1 aliphatic heterocycles. The van der Waals surface area contributed by atoms with E-state index in [1.54, 1.807) is 49.9 Å². The van der Waals surface area contributed by atoms with Crippen LogP contribution in [-0.2, 0) is 10.3 Å². The molecule has 4 heterocycles. The van der Waals surface area contributed by atoms with Gasteiger partial charge in [0.1, 0.15) is 5.82 Å². The fourth-order valence-corrected chi connectivity index (χ4v) is 4.38. The van der Waals surface area contributed by atoms with E-state index in [4.69, 9.17) is 4.98 Å². The van der Waals surface area contributed by atoms with Crippen LogP contribution in [0.15, 0.2) is 61.3 Å². The van der Waals surface area contributed by atoms with Crippen LogP contribution in [-0.4, -0.2) is 48.2 Å². The molecule has 0 bridgehead atoms. The number of carbonyl (C=O) groups excluding carboxylic acids is 1. The predicted octanol–water partition coefficient (Wildman–Crippen LogP) is 3.28. The summed E-state index contributed by atoms with van der Waals surface area (Å²) >= 11 is 0. The Morgan fingerprint density at radius 1 is 1.09 bits per heavy atom. The minimum absolute atomic E-state index is 0.0515. The van der Waals surface area contributed by atoms with Crippen LogP contribution in [0, 0.1) is 5.82 Å². The Morgan fingerprint density at radius 2 is 1.81 bits per heavy atom. The van der Waals surface area contributed by atoms with Crippen molar-refractivity contribution in [2.75, 3.05) is 18.4 Å². The van der Waals surface area contributed by atoms with Crippen molar-refractivity contribution in [3.63, 3.8) is 0 Å². The van der Waals surface area contributed by atoms with Gasteiger partial charge in [0.05, 0.1) is 23.1 Å². The zero-order valence-electron chi connectivity index (χ0n) is 17.6. The number of amides is 1. The molecule has 1 amide bonds. The quantitative estimate of drug-likeness (QED) is 0.534. The summed E-state index contributed by atoms with van der Waals surface area (Å²) in [6, 6.07) is 8.08. The number of benzene rings is 1. The monoisotopic (exact) mass is 431 g/mol. The van der Waals surface area contributed by atoms with Crippen LogP contribution >= 0.6 is 0 Å². The van der Waals surface area contributed by atoms with Crippen molar-refractivity contribution in [3.8, 4) is 11.3 Å². The van der Waals surface area contributed by atoms with E-state index < -0.39 is 5.54 Å². The fraction of sp³-hybridized carbons (Fsp3) is 0.261. The number of aromatic nitrogens is 5. The van der Waals surface area contributed by atoms with Gasteiger partial charge < -0.3 is 10.2 Å². The van der Waals surface area contributed by atoms with Crippen LogP contribution in [0.25, 0.3) is 16.9 Å². The van der Waals surface area contributed by atoms with E-state index >= 15 is 0 Å². The Kier molecular flexibility index (Phi) is 5.01. The summed E-state index contributed by atoms with van der Waals surface area (Å²) in [7, 11) is 0. The molecule has 8 nitrogen and oxygen atoms in total. The third kappa shape index (κ3) is 3.55. The molecule has 5 rings (SSSR count). The molecule has 3 aromatic heterocycles. The summed E-state index contributed by atoms with van der Waals surface area (Å²) in [5.41, 5.74) is 2.53. The van der Waals surface area contributed by atoms with Gasteiger partial charge in [-0.15, -0.1) is 0 Å². The molecule has 0 radical (unpaired) electrons. The Bertz CT molecular complexity index is 1250. The van der Waals surface area contributed by atoms with Gasteiger partial charge in [-0.05, 0) is 43.2 Å². The highest BCUT2D eigenvalue weighted by Crippen LogP contribution is 2.41. The molecular formula is C23H22FN7O. The van der Waals surface area contributed by atoms with Gasteiger partial charge in [-0.2, -0.15) is 0 Å². The molecule has 4 aromatic rings. The van der Waals surface area contributed by atoms with E-state index in [0.717, 1.165) is 17.0 Å². The largest absolute Gasteiger partial charge is 0.343 e. The lowest BCUT2D eigenvalue weighted by molar-refractivity contribution is -0.130. The lowest BCUT2D eigenvalue weighted by Crippen LogP contribution is -2.49. The van der Waals surface area contributed by atoms with Crippen molar-refractivity contribution in [3.05, 3.63) is 72.8 Å². The molecule has 9 heteroatoms. The summed E-state index contributed by atoms with van der Waals surface area (Å²) < 4.78 is 15.6. The van der Waals surface area contributed by atoms with Crippen molar-refractivity contribution in [2.24, 2.45) is 0 Å². The van der Waals surface area contributed by atoms with Crippen LogP contribution in [0.3, 0.4) is 0 Å². The molecular weight excluding hydrogens is 409 g/mol. The minimum atomic E-state index is -0.599. The normalized spacial score (nSPS) is 15.6. The lowest BCUT2D eigenvalue weighted by atomic mass is 9.82. The van der Waals surface area contributed by atoms with Crippen molar-refractivity contribution in [2.45, 2.75) is 25.3 Å². The van der Waals surface area contributed by atoms with Crippen LogP contribution in [0.2, 0.25) is 0 Å². The second-order valence-electron chi connectivity index (χ2n) is 7.91. The Hall–Kier alpha value is -3.88. The number of anilines is 1. The van der Waals surface area contributed by atoms with Gasteiger partial charge in [0.15, 0.2) is 5.65 Å². The van der Waals surface area contributed by atoms with Crippen LogP contribution in [0.4, 0.5) is 10.3 Å². The van der Waals surface area contributed by atoms with E-state index in [-0.39, 0.29) is 11.7 Å². The molecule has 32 heavy (non-hydrogen) atoms. The van der Waals surface area contributed by atoms with Crippen molar-refractivity contribution >= 4 is 17.5 Å². The Morgan fingerprint density at radius 3 is 2.50 bits per heavy atom. The first-order valence-corrected chi connectivity index (χ1v) is 10.4. The number of rotatable bonds is 4. The van der Waals surface area contributed by atoms with Gasteiger partial charge in [0.25, 0.3) is 0 Å². The van der Waals surface area contributed by atoms with E-state index in [1.807, 2.05) is 15.5 Å². The number of fused-ring (bicyclic) bond motifs is 1. The Labute approximate surface area is 184 Å². The summed E-state index contributed by atoms with van der Waals surface area (Å²) in [4.78, 5) is 31.7. The molecule has 0 unspecified atom stereocenters. The molecule has 1 fully saturated rings. The van der Waals surface area contributed by atoms with Crippen molar-refractivity contribution < 1.29 is 9.18 Å². The van der Waals surface area contributed by atoms with Gasteiger partial charge in [-0.1, -0.05) is 0 Å². The molecule has 0 aliphatic carbocycles. The molecule has 1 aliphatic rings. The van der Waals surface area contributed by atoms with Crippen molar-refractivity contribution in [1.29, 1.82) is 0 Å². The third-order valence-corrected chi connectivity index (χ3v) is 5.98. The van der Waals surface area contributed by atoms with Gasteiger partial charge in [-0.25, -0.2) is 19.3 Å². The average Bonchev–Trinajstić information content (AvgIpc) is 3.21. The van der Waals surface area contributed by atoms with E-state index in [9.17, 15) is 9.18 Å². The molecule has 0 saturated carbocycles. The predicted molar refractivity (Wildman–Crippen MR) is 117 cm³/mol. The number of nitrogens with one attached hydrogen (secondary N) is 1. The van der Waals surface area contributed by atoms with Crippen LogP contribution in [0.5, 0.6) is 0 Å². The lowest BCUT2D eigenvalue weighted by Gasteiger charge is -2.42. The summed E-state index contributed by atoms with van der Waals surface area (Å²) in [6.07, 6.45) is 9.93. The maximum atomic E-state index is 13.6. The summed E-state index contributed by atoms with van der Waals surface area (Å²) in [5.74, 6) is 0.245. The molecule has 1 saturated heterocycles. The standard InChI is InChI=1S/C23H22FN7O/c1-16(32)30-12-7-23(8-13-30,29-22-26-9-2-10-27-22)21-20(17-3-5-18(24)6-4-17)28-19-15-25-11-14-31(19)21/h2-6,9-11,14-15H,7-8,12-13H2,1H3,(H,26,27,29). The average molecular weight is 431 g/mol. The molecule has 1 aromatic carbocycles. The number of hydrogen-bond donors (Lipinski definition) is 1. The number of halogens is 1. The summed E-state index contributed by atoms with van der Waals surface area (Å²) in [6.45, 7) is 2.75. The number of likely N-dealkylation sites (tertiary alicyclic amines) is 1. The highest BCUT2D eigenvalue weighted by Gasteiger charge is 2.42. The zero-order chi connectivity index (χ0) is 22.1. The van der Waals surface area contributed by atoms with Crippen LogP contribution in [0.1, 0.15) is 25.5 Å². The maximum absolute atomic E-state index is 13.6. The second kappa shape index (κ2) is 7.99. The number of imidazole rings is 1. The van der Waals surface area contributed by atoms with Gasteiger partial charge in [0, 0.05) is 50.4 Å². The third-order valence-electron chi connectivity index (χ3n) is 5.98. The van der Waals surface area contributed by atoms with Crippen molar-refractivity contribution in [1.82, 2.24) is 29.2 Å². The van der Waals surface area contributed by atoms with Gasteiger partial charge in [-0.3, -0.25) is 14.2 Å². The van der Waals surface area contributed by atoms with Gasteiger partial charge in [0.2, 0.25) is 11.9 Å². The molecule has 1 N–H and O–H groups in total. The number of carbonyl (C=O) groups is 1. The maximum Gasteiger partial charge on any atom is 0.223 e. The topological polar surface area (TPSA) is 88.3 Å². The van der Waals surface area contributed by atoms with Crippen LogP contribution < -0.4 is 5.32 Å². The number of piperidine rings is 1. The minimum Gasteiger partial charge on any atom is -0.343 e. The zero-order valence-corrected chi connectivity index (χ0v) is 17.6. The smallest absolute Gasteiger partial charge is 0.223 e. The molecule has 162 valence electrons. The Balaban J connectivity index is 1.70. The molecule has 0 spiro atoms.